The molecule has 0 bridgehead atoms. The van der Waals surface area contributed by atoms with Gasteiger partial charge >= 0.3 is 12.1 Å². The Morgan fingerprint density at radius 2 is 1.59 bits per heavy atom. The molecule has 34 heavy (non-hydrogen) atoms. The Morgan fingerprint density at radius 3 is 2.21 bits per heavy atom. The van der Waals surface area contributed by atoms with Crippen LogP contribution in [-0.4, -0.2) is 56.6 Å². The number of halogens is 5. The summed E-state index contributed by atoms with van der Waals surface area (Å²) in [4.78, 5) is 39.5. The maximum atomic E-state index is 13.2. The first kappa shape index (κ1) is 25.1. The summed E-state index contributed by atoms with van der Waals surface area (Å²) in [6, 6.07) is 12.4. The topological polar surface area (TPSA) is 87.7 Å². The van der Waals surface area contributed by atoms with E-state index in [0.717, 1.165) is 7.11 Å². The van der Waals surface area contributed by atoms with Crippen molar-refractivity contribution in [3.63, 3.8) is 0 Å². The molecule has 2 atom stereocenters. The third kappa shape index (κ3) is 4.72. The smallest absolute Gasteiger partial charge is 0.362 e. The number of rotatable bonds is 6. The summed E-state index contributed by atoms with van der Waals surface area (Å²) in [7, 11) is 2.39. The molecule has 1 heterocycles. The quantitative estimate of drug-likeness (QED) is 0.487. The van der Waals surface area contributed by atoms with Gasteiger partial charge in [0, 0.05) is 19.7 Å². The molecule has 1 aliphatic rings. The molecule has 0 spiro atoms. The number of hydrogen-bond donors (Lipinski definition) is 2. The SMILES string of the molecule is COC(C(=O)NCC(F)(F)C(F)(F)F)C(=O)NC1C(=O)N(C)c2ccccc2-c2ccccc21. The van der Waals surface area contributed by atoms with Gasteiger partial charge in [0.15, 0.2) is 0 Å². The highest BCUT2D eigenvalue weighted by molar-refractivity contribution is 6.09. The Morgan fingerprint density at radius 1 is 1.00 bits per heavy atom. The number of hydrogen-bond acceptors (Lipinski definition) is 4. The van der Waals surface area contributed by atoms with Gasteiger partial charge in [0.25, 0.3) is 17.7 Å². The minimum absolute atomic E-state index is 0.400. The molecular weight excluding hydrogens is 465 g/mol. The van der Waals surface area contributed by atoms with Crippen LogP contribution in [0.5, 0.6) is 0 Å². The Balaban J connectivity index is 1.85. The summed E-state index contributed by atoms with van der Waals surface area (Å²) in [5.74, 6) is -8.48. The van der Waals surface area contributed by atoms with Gasteiger partial charge in [0.05, 0.1) is 12.2 Å². The van der Waals surface area contributed by atoms with Crippen molar-refractivity contribution in [2.24, 2.45) is 0 Å². The first-order valence-corrected chi connectivity index (χ1v) is 9.90. The Bertz CT molecular complexity index is 1110. The minimum atomic E-state index is -5.89. The largest absolute Gasteiger partial charge is 0.455 e. The molecule has 1 aliphatic heterocycles. The van der Waals surface area contributed by atoms with E-state index in [9.17, 15) is 36.3 Å². The van der Waals surface area contributed by atoms with Gasteiger partial charge in [-0.2, -0.15) is 22.0 Å². The van der Waals surface area contributed by atoms with Gasteiger partial charge < -0.3 is 20.3 Å². The van der Waals surface area contributed by atoms with Gasteiger partial charge in [-0.05, 0) is 17.2 Å². The summed E-state index contributed by atoms with van der Waals surface area (Å²) in [6.07, 6.45) is -7.97. The molecule has 7 nitrogen and oxygen atoms in total. The van der Waals surface area contributed by atoms with Crippen LogP contribution < -0.4 is 15.5 Å². The van der Waals surface area contributed by atoms with Crippen molar-refractivity contribution in [1.82, 2.24) is 10.6 Å². The summed E-state index contributed by atoms with van der Waals surface area (Å²) in [5.41, 5.74) is 2.30. The van der Waals surface area contributed by atoms with Gasteiger partial charge in [0.1, 0.15) is 6.04 Å². The fourth-order valence-corrected chi connectivity index (χ4v) is 3.51. The number of nitrogens with zero attached hydrogens (tertiary/aromatic N) is 1. The van der Waals surface area contributed by atoms with Crippen LogP contribution in [0.15, 0.2) is 48.5 Å². The molecule has 0 radical (unpaired) electrons. The van der Waals surface area contributed by atoms with E-state index in [1.54, 1.807) is 48.5 Å². The number of methoxy groups -OCH3 is 1. The van der Waals surface area contributed by atoms with E-state index < -0.39 is 48.5 Å². The fourth-order valence-electron chi connectivity index (χ4n) is 3.51. The minimum Gasteiger partial charge on any atom is -0.362 e. The van der Waals surface area contributed by atoms with Crippen LogP contribution in [-0.2, 0) is 19.1 Å². The number of benzene rings is 2. The number of fused-ring (bicyclic) bond motifs is 3. The molecule has 3 amide bonds. The maximum absolute atomic E-state index is 13.2. The second kappa shape index (κ2) is 9.37. The number of carbonyl (C=O) groups is 3. The first-order chi connectivity index (χ1) is 15.9. The van der Waals surface area contributed by atoms with E-state index in [1.165, 1.54) is 17.3 Å². The van der Waals surface area contributed by atoms with Gasteiger partial charge in [-0.3, -0.25) is 14.4 Å². The molecule has 3 rings (SSSR count). The van der Waals surface area contributed by atoms with Crippen LogP contribution >= 0.6 is 0 Å². The van der Waals surface area contributed by atoms with Crippen molar-refractivity contribution in [1.29, 1.82) is 0 Å². The van der Waals surface area contributed by atoms with Crippen LogP contribution in [0.25, 0.3) is 11.1 Å². The Hall–Kier alpha value is -3.54. The highest BCUT2D eigenvalue weighted by atomic mass is 19.4. The third-order valence-corrected chi connectivity index (χ3v) is 5.30. The van der Waals surface area contributed by atoms with Crippen molar-refractivity contribution in [2.75, 3.05) is 25.6 Å². The predicted molar refractivity (Wildman–Crippen MR) is 111 cm³/mol. The lowest BCUT2D eigenvalue weighted by Crippen LogP contribution is -2.53. The molecule has 182 valence electrons. The average molecular weight is 485 g/mol. The average Bonchev–Trinajstić information content (AvgIpc) is 2.87. The maximum Gasteiger partial charge on any atom is 0.455 e. The number of anilines is 1. The predicted octanol–water partition coefficient (Wildman–Crippen LogP) is 2.82. The van der Waals surface area contributed by atoms with Crippen molar-refractivity contribution in [2.45, 2.75) is 24.2 Å². The molecule has 0 aromatic heterocycles. The summed E-state index contributed by atoms with van der Waals surface area (Å²) >= 11 is 0. The van der Waals surface area contributed by atoms with Crippen LogP contribution in [0.1, 0.15) is 11.6 Å². The van der Waals surface area contributed by atoms with Crippen LogP contribution in [0.4, 0.5) is 27.6 Å². The summed E-state index contributed by atoms with van der Waals surface area (Å²) in [6.45, 7) is -2.08. The zero-order valence-electron chi connectivity index (χ0n) is 18.0. The number of likely N-dealkylation sites (N-methyl/N-ethyl adjacent to an activating group) is 1. The van der Waals surface area contributed by atoms with E-state index >= 15 is 0 Å². The normalized spacial score (nSPS) is 16.7. The number of ether oxygens (including phenoxy) is 1. The van der Waals surface area contributed by atoms with Gasteiger partial charge in [-0.1, -0.05) is 42.5 Å². The fraction of sp³-hybridized carbons (Fsp3) is 0.318. The highest BCUT2D eigenvalue weighted by Gasteiger charge is 2.57. The van der Waals surface area contributed by atoms with Crippen molar-refractivity contribution >= 4 is 23.4 Å². The molecule has 0 fully saturated rings. The molecule has 0 saturated heterocycles. The Labute approximate surface area is 190 Å². The summed E-state index contributed by atoms with van der Waals surface area (Å²) < 4.78 is 68.1. The number of para-hydroxylation sites is 1. The van der Waals surface area contributed by atoms with Gasteiger partial charge in [-0.15, -0.1) is 0 Å². The van der Waals surface area contributed by atoms with E-state index in [-0.39, 0.29) is 0 Å². The second-order valence-corrected chi connectivity index (χ2v) is 7.48. The van der Waals surface area contributed by atoms with E-state index in [4.69, 9.17) is 4.74 Å². The van der Waals surface area contributed by atoms with E-state index in [0.29, 0.717) is 22.4 Å². The standard InChI is InChI=1S/C22H20F5N3O4/c1-30-15-10-6-5-8-13(15)12-7-3-4-9-14(12)16(20(30)33)29-19(32)17(34-2)18(31)28-11-21(23,24)22(25,26)27/h3-10,16-17H,11H2,1-2H3,(H,28,31)(H,29,32). The van der Waals surface area contributed by atoms with Crippen LogP contribution in [0.2, 0.25) is 0 Å². The molecule has 0 aliphatic carbocycles. The van der Waals surface area contributed by atoms with Crippen molar-refractivity contribution < 1.29 is 41.1 Å². The number of carbonyl (C=O) groups excluding carboxylic acids is 3. The molecular formula is C22H20F5N3O4. The number of amides is 3. The zero-order chi connectivity index (χ0) is 25.3. The Kier molecular flexibility index (Phi) is 6.92. The lowest BCUT2D eigenvalue weighted by atomic mass is 9.95. The van der Waals surface area contributed by atoms with Crippen LogP contribution in [0.3, 0.4) is 0 Å². The first-order valence-electron chi connectivity index (χ1n) is 9.90. The van der Waals surface area contributed by atoms with Gasteiger partial charge in [-0.25, -0.2) is 0 Å². The van der Waals surface area contributed by atoms with Gasteiger partial charge in [0.2, 0.25) is 6.10 Å². The highest BCUT2D eigenvalue weighted by Crippen LogP contribution is 2.39. The molecule has 0 saturated carbocycles. The van der Waals surface area contributed by atoms with Crippen molar-refractivity contribution in [3.8, 4) is 11.1 Å². The molecule has 2 unspecified atom stereocenters. The van der Waals surface area contributed by atoms with Crippen LogP contribution in [0, 0.1) is 0 Å². The monoisotopic (exact) mass is 485 g/mol. The zero-order valence-corrected chi connectivity index (χ0v) is 18.0. The van der Waals surface area contributed by atoms with E-state index in [2.05, 4.69) is 5.32 Å². The molecule has 12 heteroatoms. The second-order valence-electron chi connectivity index (χ2n) is 7.48. The summed E-state index contributed by atoms with van der Waals surface area (Å²) in [5, 5.41) is 3.74. The third-order valence-electron chi connectivity index (χ3n) is 5.30. The molecule has 2 aromatic carbocycles. The lowest BCUT2D eigenvalue weighted by molar-refractivity contribution is -0.278. The van der Waals surface area contributed by atoms with E-state index in [1.807, 2.05) is 0 Å². The number of nitrogens with one attached hydrogen (secondary N) is 2. The molecule has 2 N–H and O–H groups in total. The lowest BCUT2D eigenvalue weighted by Gasteiger charge is -2.25. The molecule has 2 aromatic rings. The number of alkyl halides is 5. The van der Waals surface area contributed by atoms with Crippen molar-refractivity contribution in [3.05, 3.63) is 54.1 Å².